The van der Waals surface area contributed by atoms with Crippen LogP contribution < -0.4 is 0 Å². The molecule has 0 amide bonds. The van der Waals surface area contributed by atoms with E-state index in [4.69, 9.17) is 0 Å². The average Bonchev–Trinajstić information content (AvgIpc) is 3.36. The molecular formula is C17H8F17IO3. The molecule has 6 unspecified atom stereocenters. The molecule has 2 bridgehead atoms. The number of carbonyl (C=O) groups is 2. The Bertz CT molecular complexity index is 1020. The van der Waals surface area contributed by atoms with Crippen molar-refractivity contribution in [3.8, 4) is 0 Å². The second-order valence-corrected chi connectivity index (χ2v) is 10.3. The van der Waals surface area contributed by atoms with Gasteiger partial charge < -0.3 is 4.74 Å². The fourth-order valence-electron chi connectivity index (χ4n) is 5.07. The third-order valence-electron chi connectivity index (χ3n) is 6.98. The number of hydrogen-bond acceptors (Lipinski definition) is 3. The zero-order valence-electron chi connectivity index (χ0n) is 17.2. The largest absolute Gasteiger partial charge is 0.460 e. The van der Waals surface area contributed by atoms with Gasteiger partial charge in [-0.05, 0) is 18.3 Å². The number of rotatable bonds is 7. The van der Waals surface area contributed by atoms with Gasteiger partial charge in [0, 0.05) is 9.84 Å². The van der Waals surface area contributed by atoms with E-state index in [1.54, 1.807) is 0 Å². The summed E-state index contributed by atoms with van der Waals surface area (Å²) in [5.41, 5.74) is 0. The summed E-state index contributed by atoms with van der Waals surface area (Å²) >= 11 is 0.885. The second-order valence-electron chi connectivity index (χ2n) is 8.89. The first-order chi connectivity index (χ1) is 16.6. The summed E-state index contributed by atoms with van der Waals surface area (Å²) in [6.07, 6.45) is -8.58. The molecule has 21 heteroatoms. The van der Waals surface area contributed by atoms with Crippen LogP contribution in [0.4, 0.5) is 74.6 Å². The molecule has 0 aromatic heterocycles. The molecule has 3 nitrogen and oxygen atoms in total. The SMILES string of the molecule is O=C1OC(=O)C2C3CC(C(I)C3C(F)(F)C(F)(F)C(F)(F)C(F)(F)C(F)(F)C(F)(F)C(F)(F)C(F)(F)F)C12. The molecule has 1 heterocycles. The lowest BCUT2D eigenvalue weighted by molar-refractivity contribution is -0.463. The van der Waals surface area contributed by atoms with Crippen molar-refractivity contribution < 1.29 is 89.0 Å². The van der Waals surface area contributed by atoms with Gasteiger partial charge in [0.1, 0.15) is 0 Å². The van der Waals surface area contributed by atoms with Crippen molar-refractivity contribution in [3.05, 3.63) is 0 Å². The summed E-state index contributed by atoms with van der Waals surface area (Å²) in [6.45, 7) is 0. The minimum atomic E-state index is -8.70. The highest BCUT2D eigenvalue weighted by Crippen LogP contribution is 2.69. The predicted molar refractivity (Wildman–Crippen MR) is 91.7 cm³/mol. The van der Waals surface area contributed by atoms with E-state index in [2.05, 4.69) is 4.74 Å². The number of esters is 2. The Kier molecular flexibility index (Phi) is 6.67. The van der Waals surface area contributed by atoms with E-state index in [0.29, 0.717) is 0 Å². The van der Waals surface area contributed by atoms with Crippen LogP contribution in [0.3, 0.4) is 0 Å². The van der Waals surface area contributed by atoms with Crippen LogP contribution in [-0.2, 0) is 14.3 Å². The zero-order valence-corrected chi connectivity index (χ0v) is 19.4. The summed E-state index contributed by atoms with van der Waals surface area (Å²) in [5, 5.41) is 0. The van der Waals surface area contributed by atoms with Gasteiger partial charge >= 0.3 is 59.6 Å². The Labute approximate surface area is 211 Å². The van der Waals surface area contributed by atoms with Crippen LogP contribution in [0.15, 0.2) is 0 Å². The first kappa shape index (κ1) is 31.2. The lowest BCUT2D eigenvalue weighted by Gasteiger charge is -2.45. The fraction of sp³-hybridized carbons (Fsp3) is 0.882. The van der Waals surface area contributed by atoms with Gasteiger partial charge in [0.05, 0.1) is 11.8 Å². The van der Waals surface area contributed by atoms with Gasteiger partial charge in [-0.3, -0.25) is 9.59 Å². The van der Waals surface area contributed by atoms with Crippen LogP contribution >= 0.6 is 22.6 Å². The van der Waals surface area contributed by atoms with Crippen molar-refractivity contribution in [2.75, 3.05) is 0 Å². The molecule has 2 aliphatic carbocycles. The summed E-state index contributed by atoms with van der Waals surface area (Å²) in [6, 6.07) is 0. The van der Waals surface area contributed by atoms with Crippen LogP contribution in [0.5, 0.6) is 0 Å². The van der Waals surface area contributed by atoms with E-state index in [1.165, 1.54) is 0 Å². The minimum absolute atomic E-state index is 0.756. The van der Waals surface area contributed by atoms with Crippen molar-refractivity contribution in [2.45, 2.75) is 58.0 Å². The summed E-state index contributed by atoms with van der Waals surface area (Å²) in [7, 11) is 0. The summed E-state index contributed by atoms with van der Waals surface area (Å²) < 4.78 is 233. The number of ether oxygens (including phenoxy) is 1. The van der Waals surface area contributed by atoms with Crippen LogP contribution in [0.1, 0.15) is 6.42 Å². The molecule has 0 N–H and O–H groups in total. The highest BCUT2D eigenvalue weighted by molar-refractivity contribution is 14.1. The van der Waals surface area contributed by atoms with Crippen LogP contribution in [0.25, 0.3) is 0 Å². The number of cyclic esters (lactones) is 2. The summed E-state index contributed by atoms with van der Waals surface area (Å²) in [4.78, 5) is 23.5. The molecule has 0 spiro atoms. The maximum atomic E-state index is 14.9. The van der Waals surface area contributed by atoms with E-state index in [9.17, 15) is 84.2 Å². The van der Waals surface area contributed by atoms with Crippen molar-refractivity contribution in [1.82, 2.24) is 0 Å². The van der Waals surface area contributed by atoms with Gasteiger partial charge in [0.2, 0.25) is 0 Å². The van der Waals surface area contributed by atoms with Gasteiger partial charge in [-0.25, -0.2) is 0 Å². The molecular weight excluding hydrogens is 702 g/mol. The maximum absolute atomic E-state index is 14.9. The van der Waals surface area contributed by atoms with E-state index in [0.717, 1.165) is 22.6 Å². The fourth-order valence-corrected chi connectivity index (χ4v) is 6.80. The quantitative estimate of drug-likeness (QED) is 0.101. The standard InChI is InChI=1S/C17H8F17IO3/c18-10(19,6-2-1-3(7(6)35)5-4(2)8(36)38-9(5)37)11(20,21)12(22,23)13(24,25)14(26,27)15(28,29)16(30,31)17(32,33)34/h2-7H,1H2. The Morgan fingerprint density at radius 2 is 0.895 bits per heavy atom. The van der Waals surface area contributed by atoms with Crippen molar-refractivity contribution >= 4 is 34.5 Å². The normalized spacial score (nSPS) is 31.6. The van der Waals surface area contributed by atoms with Crippen molar-refractivity contribution in [2.24, 2.45) is 29.6 Å². The Morgan fingerprint density at radius 3 is 1.29 bits per heavy atom. The Morgan fingerprint density at radius 1 is 0.553 bits per heavy atom. The molecule has 3 fully saturated rings. The molecule has 2 saturated carbocycles. The monoisotopic (exact) mass is 710 g/mol. The van der Waals surface area contributed by atoms with Gasteiger partial charge in [0.25, 0.3) is 0 Å². The van der Waals surface area contributed by atoms with Gasteiger partial charge in [-0.1, -0.05) is 22.6 Å². The Balaban J connectivity index is 2.07. The third kappa shape index (κ3) is 3.39. The molecule has 38 heavy (non-hydrogen) atoms. The molecule has 1 saturated heterocycles. The third-order valence-corrected chi connectivity index (χ3v) is 8.68. The zero-order chi connectivity index (χ0) is 30.0. The molecule has 3 aliphatic rings. The Hall–Kier alpha value is -1.32. The van der Waals surface area contributed by atoms with Crippen molar-refractivity contribution in [3.63, 3.8) is 0 Å². The lowest BCUT2D eigenvalue weighted by Crippen LogP contribution is -2.75. The second kappa shape index (κ2) is 8.12. The van der Waals surface area contributed by atoms with E-state index >= 15 is 0 Å². The number of fused-ring (bicyclic) bond motifs is 5. The van der Waals surface area contributed by atoms with Gasteiger partial charge in [-0.2, -0.15) is 74.6 Å². The smallest absolute Gasteiger partial charge is 0.393 e. The highest BCUT2D eigenvalue weighted by Gasteiger charge is 2.96. The molecule has 6 atom stereocenters. The number of halogens is 18. The molecule has 220 valence electrons. The average molecular weight is 710 g/mol. The summed E-state index contributed by atoms with van der Waals surface area (Å²) in [5.74, 6) is -70.4. The van der Waals surface area contributed by atoms with Crippen LogP contribution in [-0.4, -0.2) is 63.5 Å². The van der Waals surface area contributed by atoms with E-state index < -0.39 is 99.5 Å². The van der Waals surface area contributed by atoms with Gasteiger partial charge in [0.15, 0.2) is 0 Å². The minimum Gasteiger partial charge on any atom is -0.393 e. The first-order valence-corrected chi connectivity index (χ1v) is 10.9. The van der Waals surface area contributed by atoms with Crippen LogP contribution in [0, 0.1) is 29.6 Å². The van der Waals surface area contributed by atoms with Crippen molar-refractivity contribution in [1.29, 1.82) is 0 Å². The lowest BCUT2D eigenvalue weighted by atomic mass is 9.70. The number of alkyl halides is 18. The maximum Gasteiger partial charge on any atom is 0.460 e. The van der Waals surface area contributed by atoms with Crippen LogP contribution in [0.2, 0.25) is 0 Å². The van der Waals surface area contributed by atoms with E-state index in [-0.39, 0.29) is 0 Å². The van der Waals surface area contributed by atoms with Gasteiger partial charge in [-0.15, -0.1) is 0 Å². The predicted octanol–water partition coefficient (Wildman–Crippen LogP) is 6.38. The molecule has 0 aromatic carbocycles. The highest BCUT2D eigenvalue weighted by atomic mass is 127. The topological polar surface area (TPSA) is 43.4 Å². The molecule has 1 aliphatic heterocycles. The molecule has 0 aromatic rings. The molecule has 0 radical (unpaired) electrons. The number of hydrogen-bond donors (Lipinski definition) is 0. The van der Waals surface area contributed by atoms with E-state index in [1.807, 2.05) is 0 Å². The first-order valence-electron chi connectivity index (χ1n) is 9.68. The molecule has 3 rings (SSSR count). The number of carbonyl (C=O) groups excluding carboxylic acids is 2.